The van der Waals surface area contributed by atoms with Gasteiger partial charge in [0, 0.05) is 16.7 Å². The molecule has 3 nitrogen and oxygen atoms in total. The minimum Gasteiger partial charge on any atom is -0.404 e. The molecular weight excluding hydrogens is 276 g/mol. The normalized spacial score (nSPS) is 12.6. The first-order chi connectivity index (χ1) is 7.09. The predicted octanol–water partition coefficient (Wildman–Crippen LogP) is 2.65. The molecule has 90 valence electrons. The van der Waals surface area contributed by atoms with Crippen LogP contribution in [-0.2, 0) is 9.05 Å². The van der Waals surface area contributed by atoms with Crippen LogP contribution in [-0.4, -0.2) is 14.8 Å². The maximum Gasteiger partial charge on any atom is 0.573 e. The van der Waals surface area contributed by atoms with Crippen molar-refractivity contribution in [1.29, 1.82) is 0 Å². The molecule has 0 aliphatic heterocycles. The summed E-state index contributed by atoms with van der Waals surface area (Å²) in [5.41, 5.74) is 0. The van der Waals surface area contributed by atoms with E-state index in [4.69, 9.17) is 10.7 Å². The molecule has 0 bridgehead atoms. The molecule has 0 spiro atoms. The lowest BCUT2D eigenvalue weighted by Crippen LogP contribution is -2.18. The van der Waals surface area contributed by atoms with Crippen molar-refractivity contribution in [3.8, 4) is 5.75 Å². The van der Waals surface area contributed by atoms with Crippen molar-refractivity contribution >= 4 is 19.7 Å². The average molecular weight is 279 g/mol. The summed E-state index contributed by atoms with van der Waals surface area (Å²) in [5.74, 6) is -2.29. The monoisotopic (exact) mass is 278 g/mol. The van der Waals surface area contributed by atoms with Crippen molar-refractivity contribution < 1.29 is 30.7 Å². The summed E-state index contributed by atoms with van der Waals surface area (Å²) in [7, 11) is 0.405. The number of hydrogen-bond donors (Lipinski definition) is 0. The Bertz CT molecular complexity index is 497. The molecule has 0 radical (unpaired) electrons. The van der Waals surface area contributed by atoms with E-state index in [1.807, 2.05) is 0 Å². The van der Waals surface area contributed by atoms with Gasteiger partial charge in [-0.15, -0.1) is 13.2 Å². The highest BCUT2D eigenvalue weighted by Crippen LogP contribution is 2.31. The van der Waals surface area contributed by atoms with E-state index in [1.165, 1.54) is 0 Å². The van der Waals surface area contributed by atoms with Gasteiger partial charge in [-0.05, 0) is 12.1 Å². The number of hydrogen-bond acceptors (Lipinski definition) is 3. The Kier molecular flexibility index (Phi) is 3.34. The first kappa shape index (κ1) is 13.0. The van der Waals surface area contributed by atoms with Gasteiger partial charge < -0.3 is 4.74 Å². The van der Waals surface area contributed by atoms with Gasteiger partial charge >= 0.3 is 6.36 Å². The number of halogens is 5. The van der Waals surface area contributed by atoms with Gasteiger partial charge in [0.25, 0.3) is 9.05 Å². The molecule has 9 heteroatoms. The number of alkyl halides is 3. The molecule has 0 aliphatic rings. The van der Waals surface area contributed by atoms with Crippen molar-refractivity contribution in [2.75, 3.05) is 0 Å². The van der Waals surface area contributed by atoms with E-state index in [2.05, 4.69) is 4.74 Å². The Morgan fingerprint density at radius 1 is 1.25 bits per heavy atom. The van der Waals surface area contributed by atoms with E-state index in [9.17, 15) is 26.0 Å². The van der Waals surface area contributed by atoms with E-state index in [0.29, 0.717) is 12.1 Å². The van der Waals surface area contributed by atoms with Crippen LogP contribution in [0.4, 0.5) is 17.6 Å². The smallest absolute Gasteiger partial charge is 0.404 e. The van der Waals surface area contributed by atoms with Gasteiger partial charge in [0.1, 0.15) is 10.7 Å². The third-order valence-electron chi connectivity index (χ3n) is 1.39. The maximum absolute atomic E-state index is 12.6. The molecule has 0 amide bonds. The molecule has 1 rings (SSSR count). The molecule has 0 heterocycles. The third kappa shape index (κ3) is 3.53. The summed E-state index contributed by atoms with van der Waals surface area (Å²) in [5, 5.41) is 0. The summed E-state index contributed by atoms with van der Waals surface area (Å²) >= 11 is 0. The molecule has 0 atom stereocenters. The van der Waals surface area contributed by atoms with Gasteiger partial charge in [-0.2, -0.15) is 0 Å². The molecule has 1 aromatic rings. The standard InChI is InChI=1S/C7H3ClF4O3S/c8-16(13,14)6-2-1-4(9)3-5(6)15-7(10,11)12/h1-3H. The van der Waals surface area contributed by atoms with Crippen LogP contribution in [0.3, 0.4) is 0 Å². The Balaban J connectivity index is 3.30. The predicted molar refractivity (Wildman–Crippen MR) is 46.1 cm³/mol. The zero-order valence-corrected chi connectivity index (χ0v) is 8.83. The largest absolute Gasteiger partial charge is 0.573 e. The number of ether oxygens (including phenoxy) is 1. The highest BCUT2D eigenvalue weighted by atomic mass is 35.7. The highest BCUT2D eigenvalue weighted by Gasteiger charge is 2.34. The molecule has 1 aromatic carbocycles. The SMILES string of the molecule is O=S(=O)(Cl)c1ccc(F)cc1OC(F)(F)F. The Hall–Kier alpha value is -1.02. The van der Waals surface area contributed by atoms with E-state index in [0.717, 1.165) is 0 Å². The molecule has 0 aromatic heterocycles. The van der Waals surface area contributed by atoms with Crippen LogP contribution in [0.25, 0.3) is 0 Å². The lowest BCUT2D eigenvalue weighted by Gasteiger charge is -2.11. The Morgan fingerprint density at radius 3 is 2.25 bits per heavy atom. The zero-order chi connectivity index (χ0) is 12.6. The Morgan fingerprint density at radius 2 is 1.81 bits per heavy atom. The van der Waals surface area contributed by atoms with Gasteiger partial charge in [0.2, 0.25) is 0 Å². The molecule has 0 saturated carbocycles. The van der Waals surface area contributed by atoms with E-state index in [-0.39, 0.29) is 6.07 Å². The van der Waals surface area contributed by atoms with Crippen molar-refractivity contribution in [3.05, 3.63) is 24.0 Å². The summed E-state index contributed by atoms with van der Waals surface area (Å²) in [6.07, 6.45) is -5.13. The van der Waals surface area contributed by atoms with Crippen LogP contribution in [0.1, 0.15) is 0 Å². The molecule has 0 N–H and O–H groups in total. The fourth-order valence-corrected chi connectivity index (χ4v) is 1.84. The van der Waals surface area contributed by atoms with Gasteiger partial charge in [0.15, 0.2) is 5.75 Å². The van der Waals surface area contributed by atoms with E-state index >= 15 is 0 Å². The highest BCUT2D eigenvalue weighted by molar-refractivity contribution is 8.13. The second kappa shape index (κ2) is 4.10. The van der Waals surface area contributed by atoms with Gasteiger partial charge in [-0.3, -0.25) is 0 Å². The minimum absolute atomic E-state index is 0.281. The fraction of sp³-hybridized carbons (Fsp3) is 0.143. The number of benzene rings is 1. The van der Waals surface area contributed by atoms with Crippen LogP contribution < -0.4 is 4.74 Å². The van der Waals surface area contributed by atoms with Crippen LogP contribution in [0.5, 0.6) is 5.75 Å². The fourth-order valence-electron chi connectivity index (χ4n) is 0.888. The van der Waals surface area contributed by atoms with Crippen LogP contribution in [0, 0.1) is 5.82 Å². The van der Waals surface area contributed by atoms with Gasteiger partial charge in [-0.25, -0.2) is 12.8 Å². The topological polar surface area (TPSA) is 43.4 Å². The summed E-state index contributed by atoms with van der Waals surface area (Å²) in [6, 6.07) is 1.51. The van der Waals surface area contributed by atoms with Gasteiger partial charge in [-0.1, -0.05) is 0 Å². The molecule has 0 aliphatic carbocycles. The van der Waals surface area contributed by atoms with Crippen LogP contribution in [0.15, 0.2) is 23.1 Å². The summed E-state index contributed by atoms with van der Waals surface area (Å²) in [6.45, 7) is 0. The number of rotatable bonds is 2. The molecular formula is C7H3ClF4O3S. The molecule has 0 unspecified atom stereocenters. The first-order valence-electron chi connectivity index (χ1n) is 3.59. The van der Waals surface area contributed by atoms with Crippen LogP contribution >= 0.6 is 10.7 Å². The van der Waals surface area contributed by atoms with Crippen molar-refractivity contribution in [1.82, 2.24) is 0 Å². The lowest BCUT2D eigenvalue weighted by atomic mass is 10.3. The zero-order valence-electron chi connectivity index (χ0n) is 7.25. The quantitative estimate of drug-likeness (QED) is 0.617. The second-order valence-electron chi connectivity index (χ2n) is 2.58. The molecule has 0 fully saturated rings. The summed E-state index contributed by atoms with van der Waals surface area (Å²) in [4.78, 5) is -0.951. The van der Waals surface area contributed by atoms with Crippen molar-refractivity contribution in [2.45, 2.75) is 11.3 Å². The van der Waals surface area contributed by atoms with Gasteiger partial charge in [0.05, 0.1) is 0 Å². The Labute approximate surface area is 92.0 Å². The van der Waals surface area contributed by atoms with Crippen LogP contribution in [0.2, 0.25) is 0 Å². The first-order valence-corrected chi connectivity index (χ1v) is 5.90. The minimum atomic E-state index is -5.13. The third-order valence-corrected chi connectivity index (χ3v) is 2.76. The lowest BCUT2D eigenvalue weighted by molar-refractivity contribution is -0.275. The second-order valence-corrected chi connectivity index (χ2v) is 5.11. The molecule has 0 saturated heterocycles. The van der Waals surface area contributed by atoms with E-state index in [1.54, 1.807) is 0 Å². The van der Waals surface area contributed by atoms with Crippen molar-refractivity contribution in [3.63, 3.8) is 0 Å². The van der Waals surface area contributed by atoms with E-state index < -0.39 is 31.9 Å². The van der Waals surface area contributed by atoms with Crippen molar-refractivity contribution in [2.24, 2.45) is 0 Å². The summed E-state index contributed by atoms with van der Waals surface area (Å²) < 4.78 is 73.2. The molecule has 16 heavy (non-hydrogen) atoms. The maximum atomic E-state index is 12.6. The average Bonchev–Trinajstić information content (AvgIpc) is 1.97.